The summed E-state index contributed by atoms with van der Waals surface area (Å²) < 4.78 is 96.0. The number of carbonyl (C=O) groups is 2. The summed E-state index contributed by atoms with van der Waals surface area (Å²) in [5, 5.41) is 8.46. The largest absolute Gasteiger partial charge is 1.00 e. The van der Waals surface area contributed by atoms with Gasteiger partial charge in [0.1, 0.15) is 48.1 Å². The topological polar surface area (TPSA) is 224 Å². The number of hydrogen-bond acceptors (Lipinski definition) is 17. The Morgan fingerprint density at radius 1 is 0.910 bits per heavy atom. The molecule has 0 bridgehead atoms. The number of piperazine rings is 1. The number of benzene rings is 3. The predicted octanol–water partition coefficient (Wildman–Crippen LogP) is 1.49. The van der Waals surface area contributed by atoms with Gasteiger partial charge in [-0.2, -0.15) is 10.2 Å². The van der Waals surface area contributed by atoms with Crippen molar-refractivity contribution in [2.75, 3.05) is 55.8 Å². The number of esters is 1. The number of anilines is 2. The molecular formula is C43H49F2N8NaO12S. The zero-order valence-electron chi connectivity index (χ0n) is 37.3. The SMILES string of the molecule is CC[C@@H](C(C)OC(=O)OC(C)OC(=O)CCOS(=O)(=O)[O-])n1ncn(-c2ccc(N3CCN(c4ccc(OC[C@@H]5CO[C@@](Cn6cncn6)(c6ccc(F)cc6F)C5)cc4)CC3)cc2)c1=O.[Na+]. The summed E-state index contributed by atoms with van der Waals surface area (Å²) in [6.07, 6.45) is 1.05. The molecule has 3 aromatic carbocycles. The number of halogens is 2. The minimum absolute atomic E-state index is 0. The summed E-state index contributed by atoms with van der Waals surface area (Å²) in [6.45, 7) is 7.78. The van der Waals surface area contributed by atoms with Gasteiger partial charge in [-0.05, 0) is 74.4 Å². The van der Waals surface area contributed by atoms with E-state index in [-0.39, 0.29) is 47.6 Å². The molecule has 0 amide bonds. The molecule has 2 unspecified atom stereocenters. The van der Waals surface area contributed by atoms with Crippen molar-refractivity contribution in [2.45, 2.75) is 70.6 Å². The van der Waals surface area contributed by atoms with Crippen LogP contribution in [0.3, 0.4) is 0 Å². The molecule has 0 spiro atoms. The van der Waals surface area contributed by atoms with Gasteiger partial charge >= 0.3 is 47.4 Å². The molecule has 0 saturated carbocycles. The monoisotopic (exact) mass is 962 g/mol. The summed E-state index contributed by atoms with van der Waals surface area (Å²) in [4.78, 5) is 46.3. The van der Waals surface area contributed by atoms with Crippen LogP contribution in [-0.2, 0) is 50.5 Å². The maximum Gasteiger partial charge on any atom is 1.00 e. The molecule has 4 heterocycles. The third-order valence-electron chi connectivity index (χ3n) is 11.3. The predicted molar refractivity (Wildman–Crippen MR) is 228 cm³/mol. The van der Waals surface area contributed by atoms with Crippen molar-refractivity contribution in [1.82, 2.24) is 29.1 Å². The van der Waals surface area contributed by atoms with Gasteiger partial charge in [-0.3, -0.25) is 8.98 Å². The second-order valence-corrected chi connectivity index (χ2v) is 16.9. The van der Waals surface area contributed by atoms with Gasteiger partial charge < -0.3 is 38.0 Å². The van der Waals surface area contributed by atoms with Crippen LogP contribution in [0, 0.1) is 17.6 Å². The number of carbonyl (C=O) groups excluding carboxylic acids is 2. The summed E-state index contributed by atoms with van der Waals surface area (Å²) in [5.74, 6) is -1.69. The van der Waals surface area contributed by atoms with Gasteiger partial charge in [0.25, 0.3) is 0 Å². The van der Waals surface area contributed by atoms with E-state index in [1.165, 1.54) is 47.3 Å². The Labute approximate surface area is 406 Å². The van der Waals surface area contributed by atoms with Gasteiger partial charge in [0.05, 0.1) is 44.5 Å². The Kier molecular flexibility index (Phi) is 17.2. The Morgan fingerprint density at radius 2 is 1.57 bits per heavy atom. The molecule has 0 aliphatic carbocycles. The summed E-state index contributed by atoms with van der Waals surface area (Å²) >= 11 is 0. The third kappa shape index (κ3) is 13.2. The van der Waals surface area contributed by atoms with Crippen LogP contribution in [0.4, 0.5) is 25.0 Å². The van der Waals surface area contributed by atoms with Gasteiger partial charge in [-0.15, -0.1) is 0 Å². The van der Waals surface area contributed by atoms with Crippen molar-refractivity contribution in [3.05, 3.63) is 113 Å². The first-order valence-corrected chi connectivity index (χ1v) is 22.5. The summed E-state index contributed by atoms with van der Waals surface area (Å²) in [5.41, 5.74) is 1.37. The van der Waals surface area contributed by atoms with Crippen LogP contribution < -0.4 is 49.8 Å². The number of ether oxygens (including phenoxy) is 5. The van der Waals surface area contributed by atoms with Gasteiger partial charge in [-0.1, -0.05) is 13.0 Å². The molecule has 7 rings (SSSR count). The maximum absolute atomic E-state index is 15.0. The van der Waals surface area contributed by atoms with Crippen LogP contribution in [0.1, 0.15) is 51.6 Å². The van der Waals surface area contributed by atoms with E-state index in [9.17, 15) is 31.7 Å². The third-order valence-corrected chi connectivity index (χ3v) is 11.8. The van der Waals surface area contributed by atoms with Crippen LogP contribution in [0.25, 0.3) is 5.69 Å². The molecular weight excluding hydrogens is 914 g/mol. The van der Waals surface area contributed by atoms with Crippen molar-refractivity contribution in [1.29, 1.82) is 0 Å². The fourth-order valence-electron chi connectivity index (χ4n) is 8.11. The van der Waals surface area contributed by atoms with E-state index in [1.807, 2.05) is 48.5 Å². The van der Waals surface area contributed by atoms with Crippen molar-refractivity contribution >= 4 is 33.9 Å². The molecule has 2 aliphatic heterocycles. The van der Waals surface area contributed by atoms with Crippen molar-refractivity contribution in [3.63, 3.8) is 0 Å². The Balaban J connectivity index is 0.00000741. The molecule has 67 heavy (non-hydrogen) atoms. The van der Waals surface area contributed by atoms with Crippen LogP contribution in [-0.4, -0.2) is 113 Å². The van der Waals surface area contributed by atoms with Gasteiger partial charge in [0.15, 0.2) is 0 Å². The van der Waals surface area contributed by atoms with Gasteiger partial charge in [-0.25, -0.2) is 45.7 Å². The molecule has 2 fully saturated rings. The Bertz CT molecular complexity index is 2600. The van der Waals surface area contributed by atoms with Crippen molar-refractivity contribution < 1.29 is 88.8 Å². The zero-order chi connectivity index (χ0) is 47.0. The first-order chi connectivity index (χ1) is 31.6. The minimum Gasteiger partial charge on any atom is -0.726 e. The number of aromatic nitrogens is 6. The maximum atomic E-state index is 15.0. The quantitative estimate of drug-likeness (QED) is 0.0376. The fraction of sp³-hybridized carbons (Fsp3) is 0.442. The second kappa shape index (κ2) is 22.6. The molecule has 20 nitrogen and oxygen atoms in total. The van der Waals surface area contributed by atoms with Crippen LogP contribution in [0.2, 0.25) is 0 Å². The van der Waals surface area contributed by atoms with Crippen LogP contribution in [0.15, 0.2) is 90.5 Å². The van der Waals surface area contributed by atoms with Gasteiger partial charge in [0, 0.05) is 62.0 Å². The summed E-state index contributed by atoms with van der Waals surface area (Å²) in [7, 11) is -4.97. The minimum atomic E-state index is -4.97. The van der Waals surface area contributed by atoms with E-state index in [4.69, 9.17) is 23.7 Å². The normalized spacial score (nSPS) is 18.7. The average molecular weight is 963 g/mol. The molecule has 5 aromatic rings. The Morgan fingerprint density at radius 3 is 2.18 bits per heavy atom. The average Bonchev–Trinajstić information content (AvgIpc) is 4.04. The van der Waals surface area contributed by atoms with Crippen molar-refractivity contribution in [2.24, 2.45) is 5.92 Å². The molecule has 2 aromatic heterocycles. The first-order valence-electron chi connectivity index (χ1n) is 21.2. The molecule has 2 saturated heterocycles. The van der Waals surface area contributed by atoms with E-state index in [0.717, 1.165) is 43.6 Å². The molecule has 2 aliphatic rings. The second-order valence-electron chi connectivity index (χ2n) is 15.8. The van der Waals surface area contributed by atoms with E-state index in [1.54, 1.807) is 18.5 Å². The number of rotatable bonds is 19. The van der Waals surface area contributed by atoms with Crippen LogP contribution >= 0.6 is 0 Å². The van der Waals surface area contributed by atoms with E-state index in [2.05, 4.69) is 29.2 Å². The van der Waals surface area contributed by atoms with E-state index >= 15 is 4.39 Å². The van der Waals surface area contributed by atoms with E-state index in [0.29, 0.717) is 37.5 Å². The van der Waals surface area contributed by atoms with Gasteiger partial charge in [0.2, 0.25) is 16.7 Å². The fourth-order valence-corrected chi connectivity index (χ4v) is 8.40. The molecule has 5 atom stereocenters. The zero-order valence-corrected chi connectivity index (χ0v) is 40.1. The smallest absolute Gasteiger partial charge is 0.726 e. The Hall–Kier alpha value is -5.43. The number of nitrogens with zero attached hydrogens (tertiary/aromatic N) is 8. The molecule has 0 radical (unpaired) electrons. The number of hydrogen-bond donors (Lipinski definition) is 0. The van der Waals surface area contributed by atoms with Crippen LogP contribution in [0.5, 0.6) is 5.75 Å². The van der Waals surface area contributed by atoms with Crippen molar-refractivity contribution in [3.8, 4) is 11.4 Å². The standard InChI is InChI=1S/C43H50F2N8O12S.Na/c1-4-39(29(2)63-42(56)65-30(3)64-40(54)15-20-62-66(57,58)59)53-41(55)52(28-48-53)35-8-6-33(7-9-35)49-16-18-50(19-17-49)34-10-12-36(13-11-34)60-23-31-22-43(61-24-31,25-51-27-46-26-47-51)37-14-5-32(44)21-38(37)45;/h5-14,21,26-31,39H,4,15-20,22-25H2,1-3H3,(H,57,58,59);/q;+1/p-1/t29?,30?,31-,39+,43+;/m1./s1. The molecule has 24 heteroatoms. The molecule has 354 valence electrons. The molecule has 0 N–H and O–H groups in total. The summed E-state index contributed by atoms with van der Waals surface area (Å²) in [6, 6.07) is 18.3. The first kappa shape index (κ1) is 51.0. The van der Waals surface area contributed by atoms with E-state index < -0.39 is 76.9 Å².